The van der Waals surface area contributed by atoms with Gasteiger partial charge in [0.1, 0.15) is 0 Å². The Balaban J connectivity index is 0. The summed E-state index contributed by atoms with van der Waals surface area (Å²) in [6.45, 7) is 21.4. The van der Waals surface area contributed by atoms with Crippen molar-refractivity contribution in [1.82, 2.24) is 0 Å². The Morgan fingerprint density at radius 1 is 0.731 bits per heavy atom. The topological polar surface area (TPSA) is 43.4 Å². The summed E-state index contributed by atoms with van der Waals surface area (Å²) in [7, 11) is -2.63. The fraction of sp³-hybridized carbons (Fsp3) is 0.619. The lowest BCUT2D eigenvalue weighted by molar-refractivity contribution is -0.906. The van der Waals surface area contributed by atoms with Crippen molar-refractivity contribution < 1.29 is 17.1 Å². The van der Waals surface area contributed by atoms with Crippen molar-refractivity contribution >= 4 is 11.0 Å². The molecular formula is C21H40NO3S+. The average Bonchev–Trinajstić information content (AvgIpc) is 2.58. The van der Waals surface area contributed by atoms with Gasteiger partial charge in [0, 0.05) is 0 Å². The van der Waals surface area contributed by atoms with Crippen molar-refractivity contribution in [2.45, 2.75) is 51.9 Å². The van der Waals surface area contributed by atoms with Crippen LogP contribution in [0.25, 0.3) is 0 Å². The summed E-state index contributed by atoms with van der Waals surface area (Å²) in [5.41, 5.74) is 0. The van der Waals surface area contributed by atoms with Crippen molar-refractivity contribution in [3.8, 4) is 0 Å². The predicted octanol–water partition coefficient (Wildman–Crippen LogP) is 4.83. The van der Waals surface area contributed by atoms with E-state index in [1.54, 1.807) is 0 Å². The first-order valence-electron chi connectivity index (χ1n) is 9.57. The molecule has 26 heavy (non-hydrogen) atoms. The van der Waals surface area contributed by atoms with E-state index in [0.29, 0.717) is 6.61 Å². The van der Waals surface area contributed by atoms with Crippen LogP contribution in [-0.2, 0) is 15.2 Å². The first-order chi connectivity index (χ1) is 12.5. The zero-order valence-electron chi connectivity index (χ0n) is 16.7. The molecule has 0 saturated carbocycles. The Morgan fingerprint density at radius 3 is 1.46 bits per heavy atom. The number of rotatable bonds is 17. The lowest BCUT2D eigenvalue weighted by Crippen LogP contribution is -2.48. The van der Waals surface area contributed by atoms with E-state index in [9.17, 15) is 8.42 Å². The smallest absolute Gasteiger partial charge is 0.257 e. The third-order valence-electron chi connectivity index (χ3n) is 4.01. The van der Waals surface area contributed by atoms with Gasteiger partial charge in [0.15, 0.2) is 0 Å². The minimum absolute atomic E-state index is 0.354. The molecule has 0 aromatic rings. The highest BCUT2D eigenvalue weighted by atomic mass is 32.2. The van der Waals surface area contributed by atoms with Gasteiger partial charge in [0.25, 0.3) is 11.0 Å². The van der Waals surface area contributed by atoms with Crippen molar-refractivity contribution in [2.75, 3.05) is 32.8 Å². The second kappa shape index (κ2) is 20.1. The molecule has 0 aliphatic rings. The summed E-state index contributed by atoms with van der Waals surface area (Å²) in [5, 5.41) is 0. The lowest BCUT2D eigenvalue weighted by Gasteiger charge is -2.35. The quantitative estimate of drug-likeness (QED) is 0.169. The van der Waals surface area contributed by atoms with E-state index < -0.39 is 11.0 Å². The van der Waals surface area contributed by atoms with Crippen LogP contribution in [0, 0.1) is 0 Å². The Hall–Kier alpha value is -1.17. The highest BCUT2D eigenvalue weighted by Crippen LogP contribution is 2.08. The van der Waals surface area contributed by atoms with Gasteiger partial charge in [-0.25, -0.2) is 8.42 Å². The molecule has 5 heteroatoms. The van der Waals surface area contributed by atoms with E-state index in [2.05, 4.69) is 37.4 Å². The molecule has 0 N–H and O–H groups in total. The molecule has 0 aliphatic heterocycles. The van der Waals surface area contributed by atoms with E-state index in [1.807, 2.05) is 24.3 Å². The molecule has 0 amide bonds. The molecule has 0 unspecified atom stereocenters. The molecule has 0 aromatic carbocycles. The molecule has 0 rings (SSSR count). The number of hydrogen-bond donors (Lipinski definition) is 1. The van der Waals surface area contributed by atoms with Gasteiger partial charge in [0.2, 0.25) is 0 Å². The Morgan fingerprint density at radius 2 is 1.12 bits per heavy atom. The minimum atomic E-state index is -2.63. The molecule has 0 bridgehead atoms. The molecule has 0 heterocycles. The number of hydrogen-bond acceptors (Lipinski definition) is 3. The highest BCUT2D eigenvalue weighted by Gasteiger charge is 2.20. The Bertz CT molecular complexity index is 391. The highest BCUT2D eigenvalue weighted by molar-refractivity contribution is 7.67. The van der Waals surface area contributed by atoms with Crippen LogP contribution < -0.4 is 0 Å². The van der Waals surface area contributed by atoms with Crippen LogP contribution in [0.4, 0.5) is 0 Å². The van der Waals surface area contributed by atoms with E-state index in [-0.39, 0.29) is 0 Å². The maximum Gasteiger partial charge on any atom is 0.257 e. The van der Waals surface area contributed by atoms with Gasteiger partial charge in [-0.2, -0.15) is 0 Å². The third kappa shape index (κ3) is 17.6. The lowest BCUT2D eigenvalue weighted by atomic mass is 10.1. The van der Waals surface area contributed by atoms with Crippen molar-refractivity contribution in [3.05, 3.63) is 50.6 Å². The second-order valence-electron chi connectivity index (χ2n) is 6.40. The average molecular weight is 387 g/mol. The largest absolute Gasteiger partial charge is 0.311 e. The molecule has 0 aromatic heterocycles. The molecule has 0 atom stereocenters. The monoisotopic (exact) mass is 386 g/mol. The Labute approximate surface area is 163 Å². The van der Waals surface area contributed by atoms with Gasteiger partial charge in [-0.15, -0.1) is 0 Å². The summed E-state index contributed by atoms with van der Waals surface area (Å²) in [6, 6.07) is 0. The molecular weight excluding hydrogens is 346 g/mol. The van der Waals surface area contributed by atoms with Crippen LogP contribution in [0.2, 0.25) is 0 Å². The molecule has 0 fully saturated rings. The van der Waals surface area contributed by atoms with Crippen LogP contribution in [-0.4, -0.2) is 45.7 Å². The fourth-order valence-electron chi connectivity index (χ4n) is 2.74. The number of thiol groups is 1. The summed E-state index contributed by atoms with van der Waals surface area (Å²) in [4.78, 5) is 0. The molecule has 0 saturated heterocycles. The van der Waals surface area contributed by atoms with Crippen molar-refractivity contribution in [3.63, 3.8) is 0 Å². The van der Waals surface area contributed by atoms with Gasteiger partial charge in [-0.05, 0) is 30.7 Å². The normalized spacial score (nSPS) is 10.7. The van der Waals surface area contributed by atoms with Crippen molar-refractivity contribution in [2.24, 2.45) is 0 Å². The Kier molecular flexibility index (Phi) is 21.0. The minimum Gasteiger partial charge on any atom is -0.311 e. The molecule has 0 spiro atoms. The summed E-state index contributed by atoms with van der Waals surface area (Å²) < 4.78 is 25.3. The zero-order chi connectivity index (χ0) is 20.1. The standard InChI is InChI=1S/C12H20N.C9H20O3S/c1-5-9-13(10-6-2,11-7-3)12-8-4;1-2-3-4-5-6-7-8-9-12-13(10)11/h5-8H,1-4,9-12H2;13H,2-9H2,1H3/q+1;. The third-order valence-corrected chi connectivity index (χ3v) is 4.40. The summed E-state index contributed by atoms with van der Waals surface area (Å²) in [5.74, 6) is 0. The van der Waals surface area contributed by atoms with Crippen LogP contribution in [0.5, 0.6) is 0 Å². The molecule has 0 radical (unpaired) electrons. The van der Waals surface area contributed by atoms with Crippen LogP contribution in [0.15, 0.2) is 50.6 Å². The van der Waals surface area contributed by atoms with Crippen LogP contribution >= 0.6 is 0 Å². The maximum absolute atomic E-state index is 9.99. The zero-order valence-corrected chi connectivity index (χ0v) is 17.6. The van der Waals surface area contributed by atoms with Gasteiger partial charge in [0.05, 0.1) is 32.8 Å². The SMILES string of the molecule is C=CC[N+](CC=C)(CC=C)CC=C.CCCCCCCCCO[SH](=O)=O. The maximum atomic E-state index is 9.99. The van der Waals surface area contributed by atoms with Crippen LogP contribution in [0.3, 0.4) is 0 Å². The van der Waals surface area contributed by atoms with Gasteiger partial charge in [-0.3, -0.25) is 4.18 Å². The van der Waals surface area contributed by atoms with E-state index in [0.717, 1.165) is 43.5 Å². The predicted molar refractivity (Wildman–Crippen MR) is 115 cm³/mol. The fourth-order valence-corrected chi connectivity index (χ4v) is 3.02. The molecule has 152 valence electrons. The first kappa shape index (κ1) is 27.1. The number of unbranched alkanes of at least 4 members (excludes halogenated alkanes) is 6. The van der Waals surface area contributed by atoms with Crippen molar-refractivity contribution in [1.29, 1.82) is 0 Å². The van der Waals surface area contributed by atoms with Crippen LogP contribution in [0.1, 0.15) is 51.9 Å². The second-order valence-corrected chi connectivity index (χ2v) is 7.11. The number of quaternary nitrogens is 1. The first-order valence-corrected chi connectivity index (χ1v) is 10.7. The van der Waals surface area contributed by atoms with Gasteiger partial charge in [-0.1, -0.05) is 71.8 Å². The van der Waals surface area contributed by atoms with Gasteiger partial charge < -0.3 is 4.48 Å². The summed E-state index contributed by atoms with van der Waals surface area (Å²) >= 11 is 0. The van der Waals surface area contributed by atoms with E-state index in [1.165, 1.54) is 32.1 Å². The summed E-state index contributed by atoms with van der Waals surface area (Å²) in [6.07, 6.45) is 16.0. The van der Waals surface area contributed by atoms with E-state index in [4.69, 9.17) is 0 Å². The molecule has 4 nitrogen and oxygen atoms in total. The molecule has 0 aliphatic carbocycles. The number of nitrogens with zero attached hydrogens (tertiary/aromatic N) is 1. The van der Waals surface area contributed by atoms with Gasteiger partial charge >= 0.3 is 0 Å². The van der Waals surface area contributed by atoms with E-state index >= 15 is 0 Å².